The SMILES string of the molecule is COc1ccc(/C(C#N)=C/c2ccc(F)c(F)c2F)cc1OC. The normalized spacial score (nSPS) is 11.0. The highest BCUT2D eigenvalue weighted by Crippen LogP contribution is 2.31. The molecule has 0 fully saturated rings. The van der Waals surface area contributed by atoms with Gasteiger partial charge in [-0.15, -0.1) is 0 Å². The number of hydrogen-bond acceptors (Lipinski definition) is 3. The predicted octanol–water partition coefficient (Wildman–Crippen LogP) is 4.19. The van der Waals surface area contributed by atoms with Gasteiger partial charge in [0.05, 0.1) is 25.9 Å². The van der Waals surface area contributed by atoms with Crippen LogP contribution in [0.2, 0.25) is 0 Å². The number of benzene rings is 2. The molecule has 6 heteroatoms. The fraction of sp³-hybridized carbons (Fsp3) is 0.118. The lowest BCUT2D eigenvalue weighted by molar-refractivity contribution is 0.355. The van der Waals surface area contributed by atoms with E-state index in [4.69, 9.17) is 9.47 Å². The number of rotatable bonds is 4. The van der Waals surface area contributed by atoms with Gasteiger partial charge in [0.25, 0.3) is 0 Å². The van der Waals surface area contributed by atoms with E-state index in [-0.39, 0.29) is 11.1 Å². The highest BCUT2D eigenvalue weighted by molar-refractivity contribution is 5.90. The Hall–Kier alpha value is -2.94. The molecule has 0 unspecified atom stereocenters. The molecule has 23 heavy (non-hydrogen) atoms. The molecule has 0 aromatic heterocycles. The molecule has 3 nitrogen and oxygen atoms in total. The maximum absolute atomic E-state index is 13.7. The average Bonchev–Trinajstić information content (AvgIpc) is 2.58. The third-order valence-corrected chi connectivity index (χ3v) is 3.18. The molecule has 2 aromatic carbocycles. The van der Waals surface area contributed by atoms with Gasteiger partial charge in [-0.25, -0.2) is 13.2 Å². The second-order valence-corrected chi connectivity index (χ2v) is 4.50. The topological polar surface area (TPSA) is 42.2 Å². The Morgan fingerprint density at radius 2 is 1.70 bits per heavy atom. The Bertz CT molecular complexity index is 810. The van der Waals surface area contributed by atoms with Crippen LogP contribution in [-0.4, -0.2) is 14.2 Å². The van der Waals surface area contributed by atoms with E-state index < -0.39 is 17.5 Å². The zero-order chi connectivity index (χ0) is 17.0. The molecule has 0 saturated heterocycles. The van der Waals surface area contributed by atoms with Gasteiger partial charge < -0.3 is 9.47 Å². The van der Waals surface area contributed by atoms with Crippen LogP contribution in [0.5, 0.6) is 11.5 Å². The summed E-state index contributed by atoms with van der Waals surface area (Å²) in [4.78, 5) is 0. The molecule has 0 amide bonds. The van der Waals surface area contributed by atoms with Crippen LogP contribution in [0.15, 0.2) is 30.3 Å². The zero-order valence-corrected chi connectivity index (χ0v) is 12.4. The first-order valence-electron chi connectivity index (χ1n) is 6.49. The first-order valence-corrected chi connectivity index (χ1v) is 6.49. The molecule has 0 spiro atoms. The fourth-order valence-electron chi connectivity index (χ4n) is 1.99. The summed E-state index contributed by atoms with van der Waals surface area (Å²) < 4.78 is 50.2. The average molecular weight is 319 g/mol. The fourth-order valence-corrected chi connectivity index (χ4v) is 1.99. The van der Waals surface area contributed by atoms with E-state index in [0.29, 0.717) is 17.1 Å². The minimum atomic E-state index is -1.58. The van der Waals surface area contributed by atoms with E-state index in [9.17, 15) is 18.4 Å². The van der Waals surface area contributed by atoms with Crippen LogP contribution in [0.25, 0.3) is 11.6 Å². The zero-order valence-electron chi connectivity index (χ0n) is 12.4. The standard InChI is InChI=1S/C17H12F3NO2/c1-22-14-6-4-10(8-15(14)23-2)12(9-21)7-11-3-5-13(18)17(20)16(11)19/h3-8H,1-2H3/b12-7+. The van der Waals surface area contributed by atoms with Crippen LogP contribution in [-0.2, 0) is 0 Å². The number of ether oxygens (including phenoxy) is 2. The summed E-state index contributed by atoms with van der Waals surface area (Å²) in [5.74, 6) is -3.37. The Labute approximate surface area is 131 Å². The van der Waals surface area contributed by atoms with Crippen LogP contribution >= 0.6 is 0 Å². The van der Waals surface area contributed by atoms with Crippen molar-refractivity contribution >= 4 is 11.6 Å². The maximum atomic E-state index is 13.7. The quantitative estimate of drug-likeness (QED) is 0.482. The summed E-state index contributed by atoms with van der Waals surface area (Å²) in [5.41, 5.74) is 0.264. The highest BCUT2D eigenvalue weighted by atomic mass is 19.2. The Morgan fingerprint density at radius 3 is 2.30 bits per heavy atom. The molecule has 2 aromatic rings. The van der Waals surface area contributed by atoms with E-state index in [0.717, 1.165) is 18.2 Å². The van der Waals surface area contributed by atoms with Crippen LogP contribution in [0.1, 0.15) is 11.1 Å². The van der Waals surface area contributed by atoms with Crippen molar-refractivity contribution in [2.24, 2.45) is 0 Å². The van der Waals surface area contributed by atoms with Gasteiger partial charge in [0.15, 0.2) is 29.0 Å². The van der Waals surface area contributed by atoms with Gasteiger partial charge in [-0.05, 0) is 42.0 Å². The minimum Gasteiger partial charge on any atom is -0.493 e. The van der Waals surface area contributed by atoms with Crippen molar-refractivity contribution in [2.45, 2.75) is 0 Å². The number of allylic oxidation sites excluding steroid dienone is 1. The van der Waals surface area contributed by atoms with Crippen molar-refractivity contribution in [3.05, 3.63) is 58.9 Å². The van der Waals surface area contributed by atoms with Crippen LogP contribution in [0.4, 0.5) is 13.2 Å². The summed E-state index contributed by atoms with van der Waals surface area (Å²) in [6.45, 7) is 0. The summed E-state index contributed by atoms with van der Waals surface area (Å²) in [7, 11) is 2.90. The van der Waals surface area contributed by atoms with Crippen molar-refractivity contribution < 1.29 is 22.6 Å². The van der Waals surface area contributed by atoms with Gasteiger partial charge in [-0.2, -0.15) is 5.26 Å². The molecule has 0 aliphatic heterocycles. The number of halogens is 3. The summed E-state index contributed by atoms with van der Waals surface area (Å²) >= 11 is 0. The third kappa shape index (κ3) is 3.29. The maximum Gasteiger partial charge on any atom is 0.195 e. The van der Waals surface area contributed by atoms with E-state index >= 15 is 0 Å². The second kappa shape index (κ2) is 6.88. The van der Waals surface area contributed by atoms with Crippen molar-refractivity contribution in [2.75, 3.05) is 14.2 Å². The van der Waals surface area contributed by atoms with Gasteiger partial charge in [0.2, 0.25) is 0 Å². The molecular formula is C17H12F3NO2. The molecule has 0 heterocycles. The van der Waals surface area contributed by atoms with Gasteiger partial charge >= 0.3 is 0 Å². The second-order valence-electron chi connectivity index (χ2n) is 4.50. The Morgan fingerprint density at radius 1 is 1.00 bits per heavy atom. The monoisotopic (exact) mass is 319 g/mol. The Balaban J connectivity index is 2.53. The van der Waals surface area contributed by atoms with Crippen molar-refractivity contribution in [1.82, 2.24) is 0 Å². The smallest absolute Gasteiger partial charge is 0.195 e. The molecule has 0 N–H and O–H groups in total. The molecule has 0 aliphatic rings. The molecule has 118 valence electrons. The van der Waals surface area contributed by atoms with Crippen molar-refractivity contribution in [1.29, 1.82) is 5.26 Å². The van der Waals surface area contributed by atoms with E-state index in [2.05, 4.69) is 0 Å². The van der Waals surface area contributed by atoms with E-state index in [1.165, 1.54) is 20.3 Å². The molecule has 0 saturated carbocycles. The lowest BCUT2D eigenvalue weighted by Gasteiger charge is -2.09. The molecule has 2 rings (SSSR count). The number of nitrogens with zero attached hydrogens (tertiary/aromatic N) is 1. The first-order chi connectivity index (χ1) is 11.0. The summed E-state index contributed by atoms with van der Waals surface area (Å²) in [5, 5.41) is 9.27. The summed E-state index contributed by atoms with van der Waals surface area (Å²) in [6.07, 6.45) is 1.14. The first kappa shape index (κ1) is 16.4. The molecule has 0 aliphatic carbocycles. The van der Waals surface area contributed by atoms with Crippen molar-refractivity contribution in [3.8, 4) is 17.6 Å². The van der Waals surface area contributed by atoms with Gasteiger partial charge in [0.1, 0.15) is 0 Å². The van der Waals surface area contributed by atoms with E-state index in [1.54, 1.807) is 12.1 Å². The van der Waals surface area contributed by atoms with Crippen molar-refractivity contribution in [3.63, 3.8) is 0 Å². The molecule has 0 atom stereocenters. The van der Waals surface area contributed by atoms with Crippen LogP contribution in [0, 0.1) is 28.8 Å². The van der Waals surface area contributed by atoms with Gasteiger partial charge in [-0.1, -0.05) is 0 Å². The lowest BCUT2D eigenvalue weighted by Crippen LogP contribution is -1.95. The highest BCUT2D eigenvalue weighted by Gasteiger charge is 2.14. The predicted molar refractivity (Wildman–Crippen MR) is 79.3 cm³/mol. The largest absolute Gasteiger partial charge is 0.493 e. The van der Waals surface area contributed by atoms with Crippen LogP contribution in [0.3, 0.4) is 0 Å². The van der Waals surface area contributed by atoms with Gasteiger partial charge in [-0.3, -0.25) is 0 Å². The lowest BCUT2D eigenvalue weighted by atomic mass is 10.0. The van der Waals surface area contributed by atoms with Crippen LogP contribution < -0.4 is 9.47 Å². The van der Waals surface area contributed by atoms with E-state index in [1.807, 2.05) is 6.07 Å². The third-order valence-electron chi connectivity index (χ3n) is 3.18. The molecule has 0 radical (unpaired) electrons. The number of nitriles is 1. The number of methoxy groups -OCH3 is 2. The Kier molecular flexibility index (Phi) is 4.91. The van der Waals surface area contributed by atoms with Gasteiger partial charge in [0, 0.05) is 5.56 Å². The molecule has 0 bridgehead atoms. The molecular weight excluding hydrogens is 307 g/mol. The summed E-state index contributed by atoms with van der Waals surface area (Å²) in [6, 6.07) is 8.45. The number of hydrogen-bond donors (Lipinski definition) is 0. The minimum absolute atomic E-state index is 0.0656.